The lowest BCUT2D eigenvalue weighted by Crippen LogP contribution is -2.20. The quantitative estimate of drug-likeness (QED) is 0.493. The van der Waals surface area contributed by atoms with Crippen molar-refractivity contribution >= 4 is 55.2 Å². The highest BCUT2D eigenvalue weighted by molar-refractivity contribution is 7.22. The number of halogens is 2. The van der Waals surface area contributed by atoms with Crippen LogP contribution < -0.4 is 15.7 Å². The Morgan fingerprint density at radius 1 is 1.32 bits per heavy atom. The molecule has 28 heavy (non-hydrogen) atoms. The Morgan fingerprint density at radius 3 is 2.96 bits per heavy atom. The molecule has 0 unspecified atom stereocenters. The highest BCUT2D eigenvalue weighted by Gasteiger charge is 2.13. The number of thiazole rings is 1. The Balaban J connectivity index is 1.49. The normalized spacial score (nSPS) is 11.1. The van der Waals surface area contributed by atoms with Gasteiger partial charge in [0.1, 0.15) is 17.1 Å². The van der Waals surface area contributed by atoms with Crippen molar-refractivity contribution < 1.29 is 18.3 Å². The van der Waals surface area contributed by atoms with E-state index in [0.717, 1.165) is 16.9 Å². The SMILES string of the molecule is Cc1cc(=O)oc2cc(OCC(=O)Nc3nc4ccc(F)cc4s3)c(Cl)cc12. The summed E-state index contributed by atoms with van der Waals surface area (Å²) in [7, 11) is 0. The van der Waals surface area contributed by atoms with Crippen molar-refractivity contribution in [2.45, 2.75) is 6.92 Å². The summed E-state index contributed by atoms with van der Waals surface area (Å²) in [4.78, 5) is 27.9. The predicted octanol–water partition coefficient (Wildman–Crippen LogP) is 4.52. The van der Waals surface area contributed by atoms with Crippen molar-refractivity contribution in [1.29, 1.82) is 0 Å². The summed E-state index contributed by atoms with van der Waals surface area (Å²) < 4.78 is 24.5. The van der Waals surface area contributed by atoms with Crippen LogP contribution in [0.15, 0.2) is 45.6 Å². The van der Waals surface area contributed by atoms with Gasteiger partial charge in [-0.25, -0.2) is 14.2 Å². The maximum atomic E-state index is 13.2. The summed E-state index contributed by atoms with van der Waals surface area (Å²) >= 11 is 7.36. The molecule has 1 N–H and O–H groups in total. The van der Waals surface area contributed by atoms with Gasteiger partial charge in [-0.3, -0.25) is 10.1 Å². The number of carbonyl (C=O) groups is 1. The fraction of sp³-hybridized carbons (Fsp3) is 0.105. The number of rotatable bonds is 4. The second kappa shape index (κ2) is 7.21. The van der Waals surface area contributed by atoms with Gasteiger partial charge in [0.15, 0.2) is 11.7 Å². The van der Waals surface area contributed by atoms with Crippen LogP contribution in [0.3, 0.4) is 0 Å². The number of fused-ring (bicyclic) bond motifs is 2. The van der Waals surface area contributed by atoms with E-state index in [1.165, 1.54) is 30.3 Å². The van der Waals surface area contributed by atoms with Crippen molar-refractivity contribution in [3.63, 3.8) is 0 Å². The monoisotopic (exact) mass is 418 g/mol. The van der Waals surface area contributed by atoms with Crippen LogP contribution in [0.2, 0.25) is 5.02 Å². The number of aryl methyl sites for hydroxylation is 1. The number of benzene rings is 2. The van der Waals surface area contributed by atoms with Gasteiger partial charge in [-0.2, -0.15) is 0 Å². The first-order chi connectivity index (χ1) is 13.4. The zero-order chi connectivity index (χ0) is 19.8. The Labute approximate surface area is 166 Å². The fourth-order valence-electron chi connectivity index (χ4n) is 2.68. The molecule has 9 heteroatoms. The van der Waals surface area contributed by atoms with Crippen LogP contribution in [0.4, 0.5) is 9.52 Å². The maximum absolute atomic E-state index is 13.2. The lowest BCUT2D eigenvalue weighted by molar-refractivity contribution is -0.118. The molecule has 0 saturated carbocycles. The second-order valence-corrected chi connectivity index (χ2v) is 7.43. The molecule has 2 aromatic heterocycles. The van der Waals surface area contributed by atoms with E-state index in [1.54, 1.807) is 13.0 Å². The van der Waals surface area contributed by atoms with Gasteiger partial charge in [-0.05, 0) is 36.8 Å². The molecule has 0 fully saturated rings. The summed E-state index contributed by atoms with van der Waals surface area (Å²) in [6, 6.07) is 8.65. The topological polar surface area (TPSA) is 81.4 Å². The van der Waals surface area contributed by atoms with E-state index < -0.39 is 11.5 Å². The first-order valence-electron chi connectivity index (χ1n) is 8.12. The molecule has 0 aliphatic heterocycles. The van der Waals surface area contributed by atoms with E-state index >= 15 is 0 Å². The molecule has 0 bridgehead atoms. The van der Waals surface area contributed by atoms with Gasteiger partial charge >= 0.3 is 5.63 Å². The molecule has 2 aromatic carbocycles. The average molecular weight is 419 g/mol. The van der Waals surface area contributed by atoms with Crippen LogP contribution in [0, 0.1) is 12.7 Å². The molecule has 142 valence electrons. The van der Waals surface area contributed by atoms with Crippen LogP contribution in [-0.2, 0) is 4.79 Å². The van der Waals surface area contributed by atoms with E-state index in [9.17, 15) is 14.0 Å². The molecule has 0 spiro atoms. The van der Waals surface area contributed by atoms with Gasteiger partial charge in [0.25, 0.3) is 5.91 Å². The standard InChI is InChI=1S/C19H12ClFN2O4S/c1-9-4-18(25)27-14-7-15(12(20)6-11(9)14)26-8-17(24)23-19-22-13-3-2-10(21)5-16(13)28-19/h2-7H,8H2,1H3,(H,22,23,24). The highest BCUT2D eigenvalue weighted by Crippen LogP contribution is 2.31. The molecule has 6 nitrogen and oxygen atoms in total. The molecule has 1 amide bonds. The van der Waals surface area contributed by atoms with Crippen molar-refractivity contribution in [3.05, 3.63) is 63.2 Å². The molecule has 4 rings (SSSR count). The third kappa shape index (κ3) is 3.69. The average Bonchev–Trinajstić information content (AvgIpc) is 3.02. The van der Waals surface area contributed by atoms with Crippen molar-refractivity contribution in [3.8, 4) is 5.75 Å². The zero-order valence-corrected chi connectivity index (χ0v) is 16.0. The summed E-state index contributed by atoms with van der Waals surface area (Å²) in [6.07, 6.45) is 0. The molecule has 0 aliphatic carbocycles. The molecular formula is C19H12ClFN2O4S. The number of anilines is 1. The molecule has 0 saturated heterocycles. The molecule has 0 aliphatic rings. The van der Waals surface area contributed by atoms with E-state index in [0.29, 0.717) is 26.3 Å². The van der Waals surface area contributed by atoms with Gasteiger partial charge in [0, 0.05) is 17.5 Å². The summed E-state index contributed by atoms with van der Waals surface area (Å²) in [5.41, 5.74) is 1.15. The van der Waals surface area contributed by atoms with Gasteiger partial charge in [0.05, 0.1) is 15.2 Å². The minimum Gasteiger partial charge on any atom is -0.482 e. The van der Waals surface area contributed by atoms with Gasteiger partial charge in [-0.15, -0.1) is 0 Å². The third-order valence-electron chi connectivity index (χ3n) is 3.96. The van der Waals surface area contributed by atoms with Crippen LogP contribution in [0.5, 0.6) is 5.75 Å². The minimum atomic E-state index is -0.483. The Hall–Kier alpha value is -2.97. The number of hydrogen-bond acceptors (Lipinski definition) is 6. The molecule has 0 atom stereocenters. The van der Waals surface area contributed by atoms with Crippen LogP contribution in [0.1, 0.15) is 5.56 Å². The number of aromatic nitrogens is 1. The first-order valence-corrected chi connectivity index (χ1v) is 9.31. The minimum absolute atomic E-state index is 0.212. The largest absolute Gasteiger partial charge is 0.482 e. The summed E-state index contributed by atoms with van der Waals surface area (Å²) in [5.74, 6) is -0.615. The zero-order valence-electron chi connectivity index (χ0n) is 14.4. The Bertz CT molecular complexity index is 1280. The van der Waals surface area contributed by atoms with Crippen molar-refractivity contribution in [2.24, 2.45) is 0 Å². The fourth-order valence-corrected chi connectivity index (χ4v) is 3.81. The highest BCUT2D eigenvalue weighted by atomic mass is 35.5. The number of hydrogen-bond donors (Lipinski definition) is 1. The van der Waals surface area contributed by atoms with Crippen molar-refractivity contribution in [2.75, 3.05) is 11.9 Å². The van der Waals surface area contributed by atoms with Crippen LogP contribution >= 0.6 is 22.9 Å². The van der Waals surface area contributed by atoms with E-state index in [1.807, 2.05) is 0 Å². The lowest BCUT2D eigenvalue weighted by Gasteiger charge is -2.09. The van der Waals surface area contributed by atoms with E-state index in [-0.39, 0.29) is 23.2 Å². The third-order valence-corrected chi connectivity index (χ3v) is 5.19. The number of nitrogens with zero attached hydrogens (tertiary/aromatic N) is 1. The van der Waals surface area contributed by atoms with Crippen LogP contribution in [-0.4, -0.2) is 17.5 Å². The molecule has 4 aromatic rings. The van der Waals surface area contributed by atoms with E-state index in [4.69, 9.17) is 20.8 Å². The molecular weight excluding hydrogens is 407 g/mol. The van der Waals surface area contributed by atoms with Crippen molar-refractivity contribution in [1.82, 2.24) is 4.98 Å². The first kappa shape index (κ1) is 18.4. The molecule has 2 heterocycles. The van der Waals surface area contributed by atoms with Gasteiger partial charge in [0.2, 0.25) is 0 Å². The Kier molecular flexibility index (Phi) is 4.74. The Morgan fingerprint density at radius 2 is 2.14 bits per heavy atom. The molecule has 0 radical (unpaired) electrons. The lowest BCUT2D eigenvalue weighted by atomic mass is 10.1. The predicted molar refractivity (Wildman–Crippen MR) is 106 cm³/mol. The van der Waals surface area contributed by atoms with E-state index in [2.05, 4.69) is 10.3 Å². The van der Waals surface area contributed by atoms with Gasteiger partial charge < -0.3 is 9.15 Å². The number of amides is 1. The number of ether oxygens (including phenoxy) is 1. The summed E-state index contributed by atoms with van der Waals surface area (Å²) in [5, 5.41) is 3.90. The number of carbonyl (C=O) groups excluding carboxylic acids is 1. The summed E-state index contributed by atoms with van der Waals surface area (Å²) in [6.45, 7) is 1.44. The maximum Gasteiger partial charge on any atom is 0.336 e. The number of nitrogens with one attached hydrogen (secondary N) is 1. The second-order valence-electron chi connectivity index (χ2n) is 6.00. The van der Waals surface area contributed by atoms with Gasteiger partial charge in [-0.1, -0.05) is 22.9 Å². The van der Waals surface area contributed by atoms with Crippen LogP contribution in [0.25, 0.3) is 21.2 Å². The smallest absolute Gasteiger partial charge is 0.336 e.